The van der Waals surface area contributed by atoms with Crippen LogP contribution in [0.15, 0.2) is 64.5 Å². The normalized spacial score (nSPS) is 11.2. The van der Waals surface area contributed by atoms with Crippen molar-refractivity contribution in [2.45, 2.75) is 10.9 Å². The quantitative estimate of drug-likeness (QED) is 0.354. The van der Waals surface area contributed by atoms with Gasteiger partial charge in [0.1, 0.15) is 5.75 Å². The lowest BCUT2D eigenvalue weighted by Gasteiger charge is -2.11. The minimum absolute atomic E-state index is 0.120. The summed E-state index contributed by atoms with van der Waals surface area (Å²) < 4.78 is 8.48. The zero-order chi connectivity index (χ0) is 22.9. The van der Waals surface area contributed by atoms with E-state index in [-0.39, 0.29) is 17.3 Å². The molecule has 0 amide bonds. The van der Waals surface area contributed by atoms with Crippen LogP contribution < -0.4 is 16.0 Å². The van der Waals surface area contributed by atoms with Gasteiger partial charge in [0, 0.05) is 28.1 Å². The Hall–Kier alpha value is -3.83. The average molecular weight is 481 g/mol. The molecular formula is C21H17ClN8O2S. The number of methoxy groups -OCH3 is 1. The number of nitrogen functional groups attached to an aromatic ring is 1. The van der Waals surface area contributed by atoms with Crippen LogP contribution in [0.2, 0.25) is 5.02 Å². The minimum atomic E-state index is -0.295. The van der Waals surface area contributed by atoms with Crippen molar-refractivity contribution < 1.29 is 4.74 Å². The standard InChI is InChI=1S/C21H17ClN8O2S/c1-32-16-4-2-3-12(9-16)18-26-27-21(29(18)15-7-5-13(22)6-8-15)33-11-14-10-17(31)30-20(24-14)25-19(23)28-30/h2-10H,11H2,1H3,(H3,23,24,25,28). The Morgan fingerprint density at radius 1 is 1.12 bits per heavy atom. The number of benzene rings is 2. The highest BCUT2D eigenvalue weighted by Crippen LogP contribution is 2.31. The van der Waals surface area contributed by atoms with E-state index >= 15 is 0 Å². The summed E-state index contributed by atoms with van der Waals surface area (Å²) in [7, 11) is 1.61. The second-order valence-corrected chi connectivity index (χ2v) is 8.35. The monoisotopic (exact) mass is 480 g/mol. The number of aromatic amines is 1. The number of thioether (sulfide) groups is 1. The largest absolute Gasteiger partial charge is 0.497 e. The topological polar surface area (TPSA) is 129 Å². The molecule has 0 saturated carbocycles. The van der Waals surface area contributed by atoms with Gasteiger partial charge >= 0.3 is 0 Å². The van der Waals surface area contributed by atoms with E-state index in [2.05, 4.69) is 25.3 Å². The lowest BCUT2D eigenvalue weighted by molar-refractivity contribution is 0.415. The maximum Gasteiger partial charge on any atom is 0.274 e. The summed E-state index contributed by atoms with van der Waals surface area (Å²) in [6, 6.07) is 16.4. The summed E-state index contributed by atoms with van der Waals surface area (Å²) >= 11 is 7.49. The average Bonchev–Trinajstić information content (AvgIpc) is 3.41. The summed E-state index contributed by atoms with van der Waals surface area (Å²) in [6.45, 7) is 0. The Kier molecular flexibility index (Phi) is 5.48. The summed E-state index contributed by atoms with van der Waals surface area (Å²) in [6.07, 6.45) is 0. The van der Waals surface area contributed by atoms with Gasteiger partial charge in [0.25, 0.3) is 11.3 Å². The molecule has 10 nitrogen and oxygen atoms in total. The van der Waals surface area contributed by atoms with Crippen LogP contribution in [-0.2, 0) is 5.75 Å². The molecule has 0 saturated heterocycles. The fourth-order valence-electron chi connectivity index (χ4n) is 3.29. The maximum absolute atomic E-state index is 12.3. The first-order valence-corrected chi connectivity index (χ1v) is 11.1. The first-order chi connectivity index (χ1) is 16.0. The van der Waals surface area contributed by atoms with Crippen LogP contribution >= 0.6 is 23.4 Å². The zero-order valence-electron chi connectivity index (χ0n) is 17.3. The maximum atomic E-state index is 12.3. The number of hydrogen-bond acceptors (Lipinski definition) is 8. The molecule has 5 aromatic rings. The van der Waals surface area contributed by atoms with Crippen LogP contribution in [-0.4, -0.2) is 41.5 Å². The van der Waals surface area contributed by atoms with Crippen molar-refractivity contribution in [2.24, 2.45) is 0 Å². The predicted molar refractivity (Wildman–Crippen MR) is 126 cm³/mol. The van der Waals surface area contributed by atoms with Gasteiger partial charge in [-0.1, -0.05) is 35.5 Å². The van der Waals surface area contributed by atoms with Crippen molar-refractivity contribution in [1.29, 1.82) is 0 Å². The molecule has 3 heterocycles. The number of nitrogens with zero attached hydrogens (tertiary/aromatic N) is 6. The van der Waals surface area contributed by atoms with E-state index in [0.717, 1.165) is 11.3 Å². The second-order valence-electron chi connectivity index (χ2n) is 6.97. The van der Waals surface area contributed by atoms with Crippen molar-refractivity contribution in [2.75, 3.05) is 12.8 Å². The third-order valence-electron chi connectivity index (χ3n) is 4.80. The van der Waals surface area contributed by atoms with Gasteiger partial charge in [-0.3, -0.25) is 14.5 Å². The molecule has 0 fully saturated rings. The molecule has 3 N–H and O–H groups in total. The van der Waals surface area contributed by atoms with Gasteiger partial charge in [-0.2, -0.15) is 9.50 Å². The van der Waals surface area contributed by atoms with Gasteiger partial charge < -0.3 is 10.5 Å². The Morgan fingerprint density at radius 3 is 2.73 bits per heavy atom. The second kappa shape index (κ2) is 8.60. The van der Waals surface area contributed by atoms with Gasteiger partial charge in [-0.25, -0.2) is 4.98 Å². The molecular weight excluding hydrogens is 464 g/mol. The fraction of sp³-hybridized carbons (Fsp3) is 0.0952. The van der Waals surface area contributed by atoms with Crippen LogP contribution in [0.1, 0.15) is 5.69 Å². The van der Waals surface area contributed by atoms with E-state index in [1.807, 2.05) is 41.0 Å². The number of ether oxygens (including phenoxy) is 1. The number of rotatable bonds is 6. The van der Waals surface area contributed by atoms with Gasteiger partial charge in [-0.15, -0.1) is 10.2 Å². The lowest BCUT2D eigenvalue weighted by Crippen LogP contribution is -2.15. The highest BCUT2D eigenvalue weighted by molar-refractivity contribution is 7.98. The number of H-pyrrole nitrogens is 1. The summed E-state index contributed by atoms with van der Waals surface area (Å²) in [5, 5.41) is 12.7. The van der Waals surface area contributed by atoms with E-state index < -0.39 is 0 Å². The summed E-state index contributed by atoms with van der Waals surface area (Å²) in [5.41, 5.74) is 7.57. The number of hydrogen-bond donors (Lipinski definition) is 2. The van der Waals surface area contributed by atoms with Crippen LogP contribution in [0.25, 0.3) is 22.9 Å². The molecule has 33 heavy (non-hydrogen) atoms. The highest BCUT2D eigenvalue weighted by Gasteiger charge is 2.18. The Labute approximate surface area is 196 Å². The molecule has 2 aromatic carbocycles. The predicted octanol–water partition coefficient (Wildman–Crippen LogP) is 3.20. The fourth-order valence-corrected chi connectivity index (χ4v) is 4.26. The lowest BCUT2D eigenvalue weighted by atomic mass is 10.2. The number of anilines is 1. The zero-order valence-corrected chi connectivity index (χ0v) is 18.8. The smallest absolute Gasteiger partial charge is 0.274 e. The van der Waals surface area contributed by atoms with Gasteiger partial charge in [0.15, 0.2) is 11.0 Å². The number of fused-ring (bicyclic) bond motifs is 1. The minimum Gasteiger partial charge on any atom is -0.497 e. The number of nitrogens with two attached hydrogens (primary N) is 1. The third-order valence-corrected chi connectivity index (χ3v) is 6.01. The van der Waals surface area contributed by atoms with Crippen molar-refractivity contribution in [3.63, 3.8) is 0 Å². The Bertz CT molecular complexity index is 1510. The van der Waals surface area contributed by atoms with Crippen molar-refractivity contribution >= 4 is 35.1 Å². The van der Waals surface area contributed by atoms with E-state index in [9.17, 15) is 4.79 Å². The molecule has 0 radical (unpaired) electrons. The van der Waals surface area contributed by atoms with Crippen LogP contribution in [0.3, 0.4) is 0 Å². The molecule has 3 aromatic heterocycles. The van der Waals surface area contributed by atoms with Gasteiger partial charge in [0.2, 0.25) is 5.95 Å². The molecule has 5 rings (SSSR count). The Morgan fingerprint density at radius 2 is 1.94 bits per heavy atom. The number of aromatic nitrogens is 7. The van der Waals surface area contributed by atoms with Crippen LogP contribution in [0.4, 0.5) is 5.95 Å². The van der Waals surface area contributed by atoms with E-state index in [4.69, 9.17) is 22.1 Å². The molecule has 0 unspecified atom stereocenters. The van der Waals surface area contributed by atoms with Crippen molar-refractivity contribution in [3.8, 4) is 22.8 Å². The van der Waals surface area contributed by atoms with Crippen LogP contribution in [0.5, 0.6) is 5.75 Å². The van der Waals surface area contributed by atoms with Gasteiger partial charge in [-0.05, 0) is 36.4 Å². The molecule has 0 atom stereocenters. The van der Waals surface area contributed by atoms with Crippen molar-refractivity contribution in [3.05, 3.63) is 75.7 Å². The van der Waals surface area contributed by atoms with E-state index in [0.29, 0.717) is 33.2 Å². The molecule has 12 heteroatoms. The highest BCUT2D eigenvalue weighted by atomic mass is 35.5. The number of halogens is 1. The molecule has 0 aliphatic heterocycles. The SMILES string of the molecule is COc1cccc(-c2nnc(SCc3cc(=O)n4[nH]c(N)nc4n3)n2-c2ccc(Cl)cc2)c1. The first kappa shape index (κ1) is 21.0. The summed E-state index contributed by atoms with van der Waals surface area (Å²) in [4.78, 5) is 20.8. The molecule has 0 aliphatic rings. The van der Waals surface area contributed by atoms with E-state index in [1.54, 1.807) is 19.2 Å². The van der Waals surface area contributed by atoms with E-state index in [1.165, 1.54) is 22.3 Å². The Balaban J connectivity index is 1.54. The summed E-state index contributed by atoms with van der Waals surface area (Å²) in [5.74, 6) is 2.06. The van der Waals surface area contributed by atoms with Gasteiger partial charge in [0.05, 0.1) is 12.8 Å². The van der Waals surface area contributed by atoms with Crippen molar-refractivity contribution in [1.82, 2.24) is 34.3 Å². The molecule has 166 valence electrons. The first-order valence-electron chi connectivity index (χ1n) is 9.74. The number of nitrogens with one attached hydrogen (secondary N) is 1. The van der Waals surface area contributed by atoms with Crippen LogP contribution in [0, 0.1) is 0 Å². The molecule has 0 spiro atoms. The third kappa shape index (κ3) is 4.15. The molecule has 0 bridgehead atoms. The molecule has 0 aliphatic carbocycles.